The first-order valence-electron chi connectivity index (χ1n) is 13.7. The van der Waals surface area contributed by atoms with Crippen LogP contribution >= 0.6 is 0 Å². The van der Waals surface area contributed by atoms with Crippen LogP contribution in [0.4, 0.5) is 0 Å². The van der Waals surface area contributed by atoms with Crippen molar-refractivity contribution in [3.05, 3.63) is 96.1 Å². The van der Waals surface area contributed by atoms with Crippen LogP contribution in [0.3, 0.4) is 0 Å². The maximum Gasteiger partial charge on any atom is 0.261 e. The van der Waals surface area contributed by atoms with Crippen molar-refractivity contribution in [1.29, 1.82) is 0 Å². The van der Waals surface area contributed by atoms with Crippen molar-refractivity contribution >= 4 is 18.7 Å². The number of nitrogens with one attached hydrogen (secondary N) is 1. The first-order valence-corrected chi connectivity index (χ1v) is 15.6. The minimum Gasteiger partial charge on any atom is -0.406 e. The van der Waals surface area contributed by atoms with Gasteiger partial charge in [0.05, 0.1) is 0 Å². The zero-order valence-electron chi connectivity index (χ0n) is 22.7. The fourth-order valence-corrected chi connectivity index (χ4v) is 10.2. The summed E-state index contributed by atoms with van der Waals surface area (Å²) >= 11 is 0. The monoisotopic (exact) mass is 510 g/mol. The minimum atomic E-state index is -2.54. The van der Waals surface area contributed by atoms with E-state index in [0.29, 0.717) is 12.6 Å². The Bertz CT molecular complexity index is 1090. The van der Waals surface area contributed by atoms with E-state index in [-0.39, 0.29) is 5.04 Å². The number of hydrogen-bond acceptors (Lipinski definition) is 3. The Morgan fingerprint density at radius 2 is 1.54 bits per heavy atom. The highest BCUT2D eigenvalue weighted by Crippen LogP contribution is 2.36. The van der Waals surface area contributed by atoms with Gasteiger partial charge in [-0.1, -0.05) is 106 Å². The zero-order chi connectivity index (χ0) is 26.1. The molecule has 194 valence electrons. The predicted octanol–water partition coefficient (Wildman–Crippen LogP) is 5.19. The molecule has 0 aliphatic carbocycles. The summed E-state index contributed by atoms with van der Waals surface area (Å²) in [5.41, 5.74) is 2.22. The number of rotatable bonds is 10. The van der Waals surface area contributed by atoms with E-state index >= 15 is 0 Å². The Kier molecular flexibility index (Phi) is 9.40. The maximum atomic E-state index is 7.21. The molecular weight excluding hydrogens is 468 g/mol. The van der Waals surface area contributed by atoms with Crippen LogP contribution in [0, 0.1) is 12.3 Å². The lowest BCUT2D eigenvalue weighted by Crippen LogP contribution is -2.67. The third kappa shape index (κ3) is 6.80. The molecule has 1 aliphatic rings. The number of nitrogens with zero attached hydrogens (tertiary/aromatic N) is 1. The van der Waals surface area contributed by atoms with Gasteiger partial charge in [-0.2, -0.15) is 0 Å². The fourth-order valence-electron chi connectivity index (χ4n) is 5.68. The van der Waals surface area contributed by atoms with Crippen LogP contribution in [-0.2, 0) is 11.0 Å². The van der Waals surface area contributed by atoms with Crippen molar-refractivity contribution < 1.29 is 4.43 Å². The molecule has 0 saturated carbocycles. The molecule has 1 unspecified atom stereocenters. The molecule has 0 aromatic heterocycles. The highest BCUT2D eigenvalue weighted by molar-refractivity contribution is 6.99. The lowest BCUT2D eigenvalue weighted by atomic mass is 10.0. The van der Waals surface area contributed by atoms with Gasteiger partial charge < -0.3 is 9.74 Å². The van der Waals surface area contributed by atoms with Crippen LogP contribution in [0.5, 0.6) is 0 Å². The lowest BCUT2D eigenvalue weighted by Gasteiger charge is -2.43. The molecule has 0 radical (unpaired) electrons. The van der Waals surface area contributed by atoms with Gasteiger partial charge in [-0.3, -0.25) is 4.90 Å². The topological polar surface area (TPSA) is 24.5 Å². The normalized spacial score (nSPS) is 16.5. The van der Waals surface area contributed by atoms with E-state index in [1.807, 2.05) is 12.1 Å². The van der Waals surface area contributed by atoms with Gasteiger partial charge in [-0.15, -0.1) is 6.42 Å². The van der Waals surface area contributed by atoms with Gasteiger partial charge in [0.15, 0.2) is 0 Å². The second-order valence-electron chi connectivity index (χ2n) is 11.2. The lowest BCUT2D eigenvalue weighted by molar-refractivity contribution is 0.173. The van der Waals surface area contributed by atoms with Crippen molar-refractivity contribution in [3.8, 4) is 12.3 Å². The van der Waals surface area contributed by atoms with Crippen LogP contribution in [-0.4, -0.2) is 45.5 Å². The van der Waals surface area contributed by atoms with Crippen LogP contribution in [0.15, 0.2) is 84.9 Å². The molecule has 1 saturated heterocycles. The van der Waals surface area contributed by atoms with Gasteiger partial charge in [-0.25, -0.2) is 0 Å². The molecule has 1 aliphatic heterocycles. The number of piperidine rings is 1. The Balaban J connectivity index is 1.57. The molecule has 1 N–H and O–H groups in total. The number of benzene rings is 3. The third-order valence-corrected chi connectivity index (χ3v) is 12.6. The second-order valence-corrected chi connectivity index (χ2v) is 15.5. The van der Waals surface area contributed by atoms with E-state index in [1.54, 1.807) is 0 Å². The fraction of sp³-hybridized carbons (Fsp3) is 0.394. The van der Waals surface area contributed by atoms with Crippen LogP contribution in [0.2, 0.25) is 5.04 Å². The van der Waals surface area contributed by atoms with Gasteiger partial charge in [0.1, 0.15) is 0 Å². The van der Waals surface area contributed by atoms with E-state index in [4.69, 9.17) is 10.8 Å². The summed E-state index contributed by atoms with van der Waals surface area (Å²) in [7, 11) is -2.54. The first-order chi connectivity index (χ1) is 17.9. The largest absolute Gasteiger partial charge is 0.406 e. The number of hydrogen-bond donors (Lipinski definition) is 1. The number of terminal acetylenes is 1. The Morgan fingerprint density at radius 3 is 2.05 bits per heavy atom. The van der Waals surface area contributed by atoms with Gasteiger partial charge in [0, 0.05) is 37.8 Å². The minimum absolute atomic E-state index is 0.0173. The highest BCUT2D eigenvalue weighted by Gasteiger charge is 2.50. The molecule has 4 rings (SSSR count). The molecule has 0 spiro atoms. The Morgan fingerprint density at radius 1 is 0.919 bits per heavy atom. The SMILES string of the molecule is C#Cc1ccc(CN(CCO[Si](c2ccccc2)(c2ccccc2)C(C)(C)C)CC2CCCCN2)cc1. The van der Waals surface area contributed by atoms with Crippen LogP contribution < -0.4 is 15.7 Å². The molecule has 1 fully saturated rings. The summed E-state index contributed by atoms with van der Waals surface area (Å²) < 4.78 is 7.21. The smallest absolute Gasteiger partial charge is 0.261 e. The average Bonchev–Trinajstić information content (AvgIpc) is 2.92. The summed E-state index contributed by atoms with van der Waals surface area (Å²) in [6.45, 7) is 11.7. The predicted molar refractivity (Wildman–Crippen MR) is 159 cm³/mol. The second kappa shape index (κ2) is 12.7. The summed E-state index contributed by atoms with van der Waals surface area (Å²) in [5.74, 6) is 2.73. The Labute approximate surface area is 225 Å². The van der Waals surface area contributed by atoms with E-state index in [2.05, 4.69) is 110 Å². The summed E-state index contributed by atoms with van der Waals surface area (Å²) in [6, 6.07) is 30.8. The molecule has 0 amide bonds. The zero-order valence-corrected chi connectivity index (χ0v) is 23.7. The van der Waals surface area contributed by atoms with Crippen molar-refractivity contribution in [3.63, 3.8) is 0 Å². The molecule has 3 nitrogen and oxygen atoms in total. The first kappa shape index (κ1) is 27.4. The summed E-state index contributed by atoms with van der Waals surface area (Å²) in [4.78, 5) is 2.56. The Hall–Kier alpha value is -2.68. The van der Waals surface area contributed by atoms with E-state index in [9.17, 15) is 0 Å². The van der Waals surface area contributed by atoms with Crippen LogP contribution in [0.1, 0.15) is 51.2 Å². The summed E-state index contributed by atoms with van der Waals surface area (Å²) in [6.07, 6.45) is 9.40. The van der Waals surface area contributed by atoms with Gasteiger partial charge in [0.2, 0.25) is 0 Å². The molecular formula is C33H42N2OSi. The molecule has 4 heteroatoms. The molecule has 1 atom stereocenters. The van der Waals surface area contributed by atoms with Crippen molar-refractivity contribution in [2.75, 3.05) is 26.2 Å². The van der Waals surface area contributed by atoms with E-state index in [0.717, 1.165) is 31.7 Å². The molecule has 37 heavy (non-hydrogen) atoms. The quantitative estimate of drug-likeness (QED) is 0.300. The maximum absolute atomic E-state index is 7.21. The molecule has 0 bridgehead atoms. The van der Waals surface area contributed by atoms with Crippen molar-refractivity contribution in [2.45, 2.75) is 57.7 Å². The molecule has 3 aromatic rings. The van der Waals surface area contributed by atoms with Crippen molar-refractivity contribution in [2.24, 2.45) is 0 Å². The van der Waals surface area contributed by atoms with Gasteiger partial charge in [0.25, 0.3) is 8.32 Å². The standard InChI is InChI=1S/C33H42N2OSi/c1-5-28-19-21-29(22-20-28)26-35(27-30-14-12-13-23-34-30)24-25-36-37(33(2,3)4,31-15-8-6-9-16-31)32-17-10-7-11-18-32/h1,6-11,15-22,30,34H,12-14,23-27H2,2-4H3. The van der Waals surface area contributed by atoms with Gasteiger partial charge >= 0.3 is 0 Å². The average molecular weight is 511 g/mol. The molecule has 1 heterocycles. The third-order valence-electron chi connectivity index (χ3n) is 7.56. The highest BCUT2D eigenvalue weighted by atomic mass is 28.4. The van der Waals surface area contributed by atoms with Crippen molar-refractivity contribution in [1.82, 2.24) is 10.2 Å². The van der Waals surface area contributed by atoms with E-state index in [1.165, 1.54) is 35.2 Å². The van der Waals surface area contributed by atoms with Gasteiger partial charge in [-0.05, 0) is 52.5 Å². The van der Waals surface area contributed by atoms with Crippen LogP contribution in [0.25, 0.3) is 0 Å². The molecule has 3 aromatic carbocycles. The van der Waals surface area contributed by atoms with E-state index < -0.39 is 8.32 Å². The summed E-state index contributed by atoms with van der Waals surface area (Å²) in [5, 5.41) is 6.38.